The number of aliphatic hydroxyl groups is 1. The molecule has 1 spiro atoms. The van der Waals surface area contributed by atoms with Crippen molar-refractivity contribution in [1.29, 1.82) is 0 Å². The molecular formula is C17H25NOS. The standard InChI is InChI=1S/C17H25NOS/c1-13-3-2-4-14(9-13)16(19)10-18-15-5-7-17(8-6-15)11-20-12-17/h2-4,9,15-16,18-19H,5-8,10-12H2,1H3. The molecule has 110 valence electrons. The van der Waals surface area contributed by atoms with E-state index in [9.17, 15) is 5.11 Å². The predicted molar refractivity (Wildman–Crippen MR) is 86.2 cm³/mol. The second-order valence-corrected chi connectivity index (χ2v) is 7.59. The van der Waals surface area contributed by atoms with Crippen LogP contribution in [0.3, 0.4) is 0 Å². The van der Waals surface area contributed by atoms with E-state index in [2.05, 4.69) is 36.1 Å². The lowest BCUT2D eigenvalue weighted by molar-refractivity contribution is 0.151. The normalized spacial score (nSPS) is 23.5. The molecule has 2 fully saturated rings. The van der Waals surface area contributed by atoms with Gasteiger partial charge in [0.05, 0.1) is 6.10 Å². The van der Waals surface area contributed by atoms with Crippen LogP contribution in [0.4, 0.5) is 0 Å². The first-order chi connectivity index (χ1) is 9.67. The number of hydrogen-bond donors (Lipinski definition) is 2. The van der Waals surface area contributed by atoms with Crippen molar-refractivity contribution >= 4 is 11.8 Å². The minimum Gasteiger partial charge on any atom is -0.387 e. The lowest BCUT2D eigenvalue weighted by Crippen LogP contribution is -2.44. The summed E-state index contributed by atoms with van der Waals surface area (Å²) in [6, 6.07) is 8.78. The summed E-state index contributed by atoms with van der Waals surface area (Å²) in [5.74, 6) is 2.76. The highest BCUT2D eigenvalue weighted by Crippen LogP contribution is 2.48. The van der Waals surface area contributed by atoms with Gasteiger partial charge in [0, 0.05) is 12.6 Å². The molecule has 1 aromatic carbocycles. The Bertz CT molecular complexity index is 448. The topological polar surface area (TPSA) is 32.3 Å². The lowest BCUT2D eigenvalue weighted by Gasteiger charge is -2.46. The first-order valence-corrected chi connectivity index (χ1v) is 8.88. The van der Waals surface area contributed by atoms with Gasteiger partial charge in [0.1, 0.15) is 0 Å². The number of nitrogens with one attached hydrogen (secondary N) is 1. The Balaban J connectivity index is 1.45. The smallest absolute Gasteiger partial charge is 0.0914 e. The molecule has 20 heavy (non-hydrogen) atoms. The third kappa shape index (κ3) is 3.21. The van der Waals surface area contributed by atoms with Gasteiger partial charge in [-0.1, -0.05) is 29.8 Å². The predicted octanol–water partition coefficient (Wildman–Crippen LogP) is 3.29. The summed E-state index contributed by atoms with van der Waals surface area (Å²) < 4.78 is 0. The summed E-state index contributed by atoms with van der Waals surface area (Å²) in [4.78, 5) is 0. The van der Waals surface area contributed by atoms with Gasteiger partial charge >= 0.3 is 0 Å². The SMILES string of the molecule is Cc1cccc(C(O)CNC2CCC3(CC2)CSC3)c1. The highest BCUT2D eigenvalue weighted by molar-refractivity contribution is 8.00. The maximum atomic E-state index is 10.3. The number of benzene rings is 1. The van der Waals surface area contributed by atoms with E-state index in [1.165, 1.54) is 42.8 Å². The monoisotopic (exact) mass is 291 g/mol. The van der Waals surface area contributed by atoms with Gasteiger partial charge in [-0.05, 0) is 55.1 Å². The highest BCUT2D eigenvalue weighted by atomic mass is 32.2. The van der Waals surface area contributed by atoms with E-state index < -0.39 is 0 Å². The molecule has 0 bridgehead atoms. The summed E-state index contributed by atoms with van der Waals surface area (Å²) in [6.45, 7) is 2.75. The average molecular weight is 291 g/mol. The van der Waals surface area contributed by atoms with Gasteiger partial charge in [-0.25, -0.2) is 0 Å². The van der Waals surface area contributed by atoms with E-state index in [1.54, 1.807) is 0 Å². The summed E-state index contributed by atoms with van der Waals surface area (Å²) in [5, 5.41) is 13.8. The number of aryl methyl sites for hydroxylation is 1. The molecule has 2 nitrogen and oxygen atoms in total. The van der Waals surface area contributed by atoms with E-state index in [0.717, 1.165) is 5.56 Å². The molecule has 1 aliphatic heterocycles. The molecule has 1 saturated carbocycles. The molecule has 2 aliphatic rings. The number of hydrogen-bond acceptors (Lipinski definition) is 3. The fourth-order valence-electron chi connectivity index (χ4n) is 3.39. The second-order valence-electron chi connectivity index (χ2n) is 6.61. The van der Waals surface area contributed by atoms with Crippen LogP contribution in [-0.2, 0) is 0 Å². The molecule has 0 amide bonds. The summed E-state index contributed by atoms with van der Waals surface area (Å²) in [5.41, 5.74) is 2.93. The fourth-order valence-corrected chi connectivity index (χ4v) is 4.75. The van der Waals surface area contributed by atoms with Crippen LogP contribution in [0.25, 0.3) is 0 Å². The fraction of sp³-hybridized carbons (Fsp3) is 0.647. The summed E-state index contributed by atoms with van der Waals surface area (Å²) in [6.07, 6.45) is 4.92. The van der Waals surface area contributed by atoms with Crippen LogP contribution in [0.2, 0.25) is 0 Å². The minimum absolute atomic E-state index is 0.384. The third-order valence-corrected chi connectivity index (χ3v) is 6.52. The van der Waals surface area contributed by atoms with Crippen molar-refractivity contribution in [3.63, 3.8) is 0 Å². The van der Waals surface area contributed by atoms with E-state index in [1.807, 2.05) is 12.1 Å². The zero-order valence-electron chi connectivity index (χ0n) is 12.3. The maximum Gasteiger partial charge on any atom is 0.0914 e. The van der Waals surface area contributed by atoms with Crippen molar-refractivity contribution < 1.29 is 5.11 Å². The number of aliphatic hydroxyl groups excluding tert-OH is 1. The van der Waals surface area contributed by atoms with Crippen molar-refractivity contribution in [3.05, 3.63) is 35.4 Å². The van der Waals surface area contributed by atoms with Gasteiger partial charge in [-0.2, -0.15) is 11.8 Å². The lowest BCUT2D eigenvalue weighted by atomic mass is 9.74. The molecule has 1 saturated heterocycles. The summed E-state index contributed by atoms with van der Waals surface area (Å²) >= 11 is 2.10. The second kappa shape index (κ2) is 6.08. The van der Waals surface area contributed by atoms with Gasteiger partial charge < -0.3 is 10.4 Å². The van der Waals surface area contributed by atoms with Crippen molar-refractivity contribution in [2.24, 2.45) is 5.41 Å². The molecule has 1 heterocycles. The van der Waals surface area contributed by atoms with Gasteiger partial charge in [0.25, 0.3) is 0 Å². The zero-order chi connectivity index (χ0) is 14.0. The van der Waals surface area contributed by atoms with Gasteiger partial charge in [0.2, 0.25) is 0 Å². The van der Waals surface area contributed by atoms with E-state index in [-0.39, 0.29) is 6.10 Å². The largest absolute Gasteiger partial charge is 0.387 e. The molecule has 0 aromatic heterocycles. The van der Waals surface area contributed by atoms with Crippen LogP contribution in [0.5, 0.6) is 0 Å². The molecule has 3 heteroatoms. The summed E-state index contributed by atoms with van der Waals surface area (Å²) in [7, 11) is 0. The first-order valence-electron chi connectivity index (χ1n) is 7.73. The van der Waals surface area contributed by atoms with Crippen LogP contribution in [-0.4, -0.2) is 29.2 Å². The van der Waals surface area contributed by atoms with Crippen molar-refractivity contribution in [2.45, 2.75) is 44.8 Å². The Morgan fingerprint density at radius 3 is 2.70 bits per heavy atom. The Labute approximate surface area is 126 Å². The Morgan fingerprint density at radius 2 is 2.10 bits per heavy atom. The van der Waals surface area contributed by atoms with E-state index >= 15 is 0 Å². The quantitative estimate of drug-likeness (QED) is 0.893. The molecule has 1 atom stereocenters. The Kier molecular flexibility index (Phi) is 4.39. The van der Waals surface area contributed by atoms with Crippen molar-refractivity contribution in [3.8, 4) is 0 Å². The van der Waals surface area contributed by atoms with Crippen LogP contribution in [0, 0.1) is 12.3 Å². The molecule has 3 rings (SSSR count). The van der Waals surface area contributed by atoms with Crippen LogP contribution in [0.1, 0.15) is 42.9 Å². The van der Waals surface area contributed by atoms with E-state index in [4.69, 9.17) is 0 Å². The average Bonchev–Trinajstić information content (AvgIpc) is 2.43. The van der Waals surface area contributed by atoms with Crippen molar-refractivity contribution in [1.82, 2.24) is 5.32 Å². The Hall–Kier alpha value is -0.510. The highest BCUT2D eigenvalue weighted by Gasteiger charge is 2.40. The molecule has 1 aromatic rings. The Morgan fingerprint density at radius 1 is 1.35 bits per heavy atom. The molecule has 0 radical (unpaired) electrons. The number of rotatable bonds is 4. The molecule has 1 aliphatic carbocycles. The van der Waals surface area contributed by atoms with E-state index in [0.29, 0.717) is 18.0 Å². The van der Waals surface area contributed by atoms with Crippen LogP contribution < -0.4 is 5.32 Å². The molecular weight excluding hydrogens is 266 g/mol. The first kappa shape index (κ1) is 14.4. The molecule has 1 unspecified atom stereocenters. The van der Waals surface area contributed by atoms with Crippen LogP contribution >= 0.6 is 11.8 Å². The van der Waals surface area contributed by atoms with Gasteiger partial charge in [0.15, 0.2) is 0 Å². The number of thioether (sulfide) groups is 1. The molecule has 2 N–H and O–H groups in total. The van der Waals surface area contributed by atoms with Gasteiger partial charge in [-0.15, -0.1) is 0 Å². The van der Waals surface area contributed by atoms with Crippen LogP contribution in [0.15, 0.2) is 24.3 Å². The van der Waals surface area contributed by atoms with Crippen molar-refractivity contribution in [2.75, 3.05) is 18.1 Å². The maximum absolute atomic E-state index is 10.3. The minimum atomic E-state index is -0.384. The third-order valence-electron chi connectivity index (χ3n) is 4.89. The van der Waals surface area contributed by atoms with Gasteiger partial charge in [-0.3, -0.25) is 0 Å². The zero-order valence-corrected chi connectivity index (χ0v) is 13.1.